The van der Waals surface area contributed by atoms with E-state index >= 15 is 0 Å². The van der Waals surface area contributed by atoms with E-state index in [1.54, 1.807) is 0 Å². The largest absolute Gasteiger partial charge is 0.367 e. The number of carbonyl (C=O) groups is 1. The Kier molecular flexibility index (Phi) is 3.26. The van der Waals surface area contributed by atoms with E-state index in [-0.39, 0.29) is 5.91 Å². The van der Waals surface area contributed by atoms with E-state index < -0.39 is 6.10 Å². The van der Waals surface area contributed by atoms with Gasteiger partial charge in [0.25, 0.3) is 5.91 Å². The van der Waals surface area contributed by atoms with E-state index in [9.17, 15) is 4.79 Å². The van der Waals surface area contributed by atoms with Crippen LogP contribution in [-0.2, 0) is 4.74 Å². The van der Waals surface area contributed by atoms with Gasteiger partial charge in [0.15, 0.2) is 6.10 Å². The third-order valence-corrected chi connectivity index (χ3v) is 3.12. The predicted molar refractivity (Wildman–Crippen MR) is 74.3 cm³/mol. The SMILES string of the molecule is CO[C@H](C(=O)n1nnc2ccccc21)c1ccccc1. The normalized spacial score (nSPS) is 12.4. The number of fused-ring (bicyclic) bond motifs is 1. The van der Waals surface area contributed by atoms with Gasteiger partial charge in [-0.3, -0.25) is 4.79 Å². The van der Waals surface area contributed by atoms with Gasteiger partial charge in [-0.1, -0.05) is 47.7 Å². The fraction of sp³-hybridized carbons (Fsp3) is 0.133. The summed E-state index contributed by atoms with van der Waals surface area (Å²) in [5.41, 5.74) is 2.15. The highest BCUT2D eigenvalue weighted by atomic mass is 16.5. The number of rotatable bonds is 3. The third kappa shape index (κ3) is 2.08. The number of benzene rings is 2. The fourth-order valence-corrected chi connectivity index (χ4v) is 2.15. The standard InChI is InChI=1S/C15H13N3O2/c1-20-14(11-7-3-2-4-8-11)15(19)18-13-10-6-5-9-12(13)16-17-18/h2-10,14H,1H3/t14-/m0/s1. The van der Waals surface area contributed by atoms with Crippen molar-refractivity contribution in [1.82, 2.24) is 15.0 Å². The first-order chi connectivity index (χ1) is 9.81. The molecule has 2 aromatic carbocycles. The van der Waals surface area contributed by atoms with Crippen LogP contribution in [0.1, 0.15) is 16.5 Å². The quantitative estimate of drug-likeness (QED) is 0.731. The molecule has 0 aliphatic heterocycles. The van der Waals surface area contributed by atoms with Crippen molar-refractivity contribution < 1.29 is 9.53 Å². The molecule has 0 unspecified atom stereocenters. The Morgan fingerprint density at radius 3 is 2.55 bits per heavy atom. The van der Waals surface area contributed by atoms with E-state index in [1.807, 2.05) is 54.6 Å². The predicted octanol–water partition coefficient (Wildman–Crippen LogP) is 2.46. The van der Waals surface area contributed by atoms with Crippen LogP contribution in [0, 0.1) is 0 Å². The van der Waals surface area contributed by atoms with Crippen LogP contribution in [0.25, 0.3) is 11.0 Å². The first kappa shape index (κ1) is 12.5. The Hall–Kier alpha value is -2.53. The van der Waals surface area contributed by atoms with Crippen molar-refractivity contribution in [2.45, 2.75) is 6.10 Å². The topological polar surface area (TPSA) is 57.0 Å². The van der Waals surface area contributed by atoms with E-state index in [2.05, 4.69) is 10.3 Å². The maximum Gasteiger partial charge on any atom is 0.282 e. The van der Waals surface area contributed by atoms with E-state index in [1.165, 1.54) is 11.8 Å². The smallest absolute Gasteiger partial charge is 0.282 e. The number of aromatic nitrogens is 3. The lowest BCUT2D eigenvalue weighted by atomic mass is 10.1. The molecular weight excluding hydrogens is 254 g/mol. The minimum Gasteiger partial charge on any atom is -0.367 e. The second-order valence-electron chi connectivity index (χ2n) is 4.35. The van der Waals surface area contributed by atoms with Crippen molar-refractivity contribution >= 4 is 16.9 Å². The summed E-state index contributed by atoms with van der Waals surface area (Å²) in [7, 11) is 1.51. The van der Waals surface area contributed by atoms with Gasteiger partial charge < -0.3 is 4.74 Å². The first-order valence-corrected chi connectivity index (χ1v) is 6.23. The molecule has 0 fully saturated rings. The highest BCUT2D eigenvalue weighted by Gasteiger charge is 2.24. The summed E-state index contributed by atoms with van der Waals surface area (Å²) in [6.45, 7) is 0. The highest BCUT2D eigenvalue weighted by Crippen LogP contribution is 2.20. The molecule has 0 saturated carbocycles. The number of para-hydroxylation sites is 1. The highest BCUT2D eigenvalue weighted by molar-refractivity contribution is 5.91. The number of ether oxygens (including phenoxy) is 1. The molecule has 0 aliphatic carbocycles. The van der Waals surface area contributed by atoms with Crippen LogP contribution < -0.4 is 0 Å². The second kappa shape index (κ2) is 5.22. The zero-order chi connectivity index (χ0) is 13.9. The molecule has 0 saturated heterocycles. The van der Waals surface area contributed by atoms with Crippen LogP contribution in [0.5, 0.6) is 0 Å². The molecule has 20 heavy (non-hydrogen) atoms. The number of hydrogen-bond acceptors (Lipinski definition) is 4. The number of carbonyl (C=O) groups excluding carboxylic acids is 1. The van der Waals surface area contributed by atoms with Crippen molar-refractivity contribution in [1.29, 1.82) is 0 Å². The maximum absolute atomic E-state index is 12.6. The van der Waals surface area contributed by atoms with Gasteiger partial charge in [0.05, 0.1) is 5.52 Å². The Labute approximate surface area is 115 Å². The van der Waals surface area contributed by atoms with Crippen LogP contribution in [-0.4, -0.2) is 28.0 Å². The Morgan fingerprint density at radius 2 is 1.80 bits per heavy atom. The number of nitrogens with zero attached hydrogens (tertiary/aromatic N) is 3. The molecule has 0 aliphatic rings. The molecule has 3 rings (SSSR count). The van der Waals surface area contributed by atoms with E-state index in [0.29, 0.717) is 11.0 Å². The summed E-state index contributed by atoms with van der Waals surface area (Å²) < 4.78 is 6.62. The molecule has 0 bridgehead atoms. The summed E-state index contributed by atoms with van der Waals surface area (Å²) in [4.78, 5) is 12.6. The average molecular weight is 267 g/mol. The minimum absolute atomic E-state index is 0.257. The summed E-state index contributed by atoms with van der Waals surface area (Å²) in [5, 5.41) is 7.91. The fourth-order valence-electron chi connectivity index (χ4n) is 2.15. The third-order valence-electron chi connectivity index (χ3n) is 3.12. The molecule has 1 atom stereocenters. The lowest BCUT2D eigenvalue weighted by Gasteiger charge is -2.14. The molecule has 100 valence electrons. The molecule has 5 nitrogen and oxygen atoms in total. The molecule has 0 radical (unpaired) electrons. The summed E-state index contributed by atoms with van der Waals surface area (Å²) in [6, 6.07) is 16.7. The molecule has 3 aromatic rings. The van der Waals surface area contributed by atoms with Crippen molar-refractivity contribution in [2.75, 3.05) is 7.11 Å². The second-order valence-corrected chi connectivity index (χ2v) is 4.35. The van der Waals surface area contributed by atoms with Gasteiger partial charge in [-0.25, -0.2) is 0 Å². The summed E-state index contributed by atoms with van der Waals surface area (Å²) in [6.07, 6.45) is -0.693. The molecule has 0 amide bonds. The van der Waals surface area contributed by atoms with Crippen LogP contribution in [0.15, 0.2) is 54.6 Å². The van der Waals surface area contributed by atoms with Gasteiger partial charge in [-0.15, -0.1) is 5.10 Å². The van der Waals surface area contributed by atoms with Crippen LogP contribution in [0.3, 0.4) is 0 Å². The van der Waals surface area contributed by atoms with Gasteiger partial charge >= 0.3 is 0 Å². The number of hydrogen-bond donors (Lipinski definition) is 0. The van der Waals surface area contributed by atoms with Crippen molar-refractivity contribution in [2.24, 2.45) is 0 Å². The molecule has 0 N–H and O–H groups in total. The summed E-state index contributed by atoms with van der Waals surface area (Å²) >= 11 is 0. The van der Waals surface area contributed by atoms with Gasteiger partial charge in [0.2, 0.25) is 0 Å². The molecule has 1 heterocycles. The van der Waals surface area contributed by atoms with Crippen LogP contribution >= 0.6 is 0 Å². The lowest BCUT2D eigenvalue weighted by Crippen LogP contribution is -2.22. The van der Waals surface area contributed by atoms with Crippen molar-refractivity contribution in [3.63, 3.8) is 0 Å². The first-order valence-electron chi connectivity index (χ1n) is 6.23. The van der Waals surface area contributed by atoms with Crippen molar-refractivity contribution in [3.8, 4) is 0 Å². The summed E-state index contributed by atoms with van der Waals surface area (Å²) in [5.74, 6) is -0.257. The van der Waals surface area contributed by atoms with Crippen LogP contribution in [0.4, 0.5) is 0 Å². The monoisotopic (exact) mass is 267 g/mol. The Bertz CT molecular complexity index is 737. The minimum atomic E-state index is -0.693. The lowest BCUT2D eigenvalue weighted by molar-refractivity contribution is 0.0501. The Balaban J connectivity index is 2.03. The number of methoxy groups -OCH3 is 1. The van der Waals surface area contributed by atoms with Gasteiger partial charge in [0, 0.05) is 7.11 Å². The maximum atomic E-state index is 12.6. The molecular formula is C15H13N3O2. The zero-order valence-corrected chi connectivity index (χ0v) is 10.9. The van der Waals surface area contributed by atoms with Gasteiger partial charge in [-0.05, 0) is 17.7 Å². The molecule has 0 spiro atoms. The van der Waals surface area contributed by atoms with E-state index in [0.717, 1.165) is 5.56 Å². The molecule has 5 heteroatoms. The zero-order valence-electron chi connectivity index (χ0n) is 10.9. The van der Waals surface area contributed by atoms with Gasteiger partial charge in [0.1, 0.15) is 5.52 Å². The average Bonchev–Trinajstić information content (AvgIpc) is 2.93. The van der Waals surface area contributed by atoms with Crippen LogP contribution in [0.2, 0.25) is 0 Å². The Morgan fingerprint density at radius 1 is 1.10 bits per heavy atom. The van der Waals surface area contributed by atoms with Gasteiger partial charge in [-0.2, -0.15) is 4.68 Å². The molecule has 1 aromatic heterocycles. The van der Waals surface area contributed by atoms with Crippen molar-refractivity contribution in [3.05, 3.63) is 60.2 Å². The van der Waals surface area contributed by atoms with E-state index in [4.69, 9.17) is 4.74 Å².